The highest BCUT2D eigenvalue weighted by atomic mass is 19.1. The number of fused-ring (bicyclic) bond motifs is 1. The topological polar surface area (TPSA) is 34.9 Å². The molecule has 0 amide bonds. The van der Waals surface area contributed by atoms with E-state index in [0.29, 0.717) is 23.1 Å². The molecule has 78 valence electrons. The van der Waals surface area contributed by atoms with E-state index in [2.05, 4.69) is 4.98 Å². The second kappa shape index (κ2) is 3.46. The number of hydrogen-bond acceptors (Lipinski definition) is 2. The van der Waals surface area contributed by atoms with E-state index in [1.165, 1.54) is 12.1 Å². The van der Waals surface area contributed by atoms with Crippen LogP contribution in [0.15, 0.2) is 18.2 Å². The van der Waals surface area contributed by atoms with Crippen molar-refractivity contribution in [3.8, 4) is 0 Å². The van der Waals surface area contributed by atoms with Crippen molar-refractivity contribution in [3.05, 3.63) is 29.8 Å². The summed E-state index contributed by atoms with van der Waals surface area (Å²) in [6.45, 7) is 3.86. The molecule has 0 unspecified atom stereocenters. The maximum atomic E-state index is 13.1. The minimum atomic E-state index is -0.318. The van der Waals surface area contributed by atoms with Gasteiger partial charge < -0.3 is 4.57 Å². The van der Waals surface area contributed by atoms with Gasteiger partial charge in [0.1, 0.15) is 5.82 Å². The van der Waals surface area contributed by atoms with Crippen LogP contribution in [0, 0.1) is 5.82 Å². The summed E-state index contributed by atoms with van der Waals surface area (Å²) in [4.78, 5) is 14.9. The Morgan fingerprint density at radius 3 is 2.80 bits per heavy atom. The van der Waals surface area contributed by atoms with Crippen molar-refractivity contribution in [2.24, 2.45) is 0 Å². The molecule has 0 aliphatic carbocycles. The van der Waals surface area contributed by atoms with E-state index in [-0.39, 0.29) is 11.9 Å². The van der Waals surface area contributed by atoms with Crippen molar-refractivity contribution >= 4 is 17.3 Å². The summed E-state index contributed by atoms with van der Waals surface area (Å²) in [5.41, 5.74) is 1.30. The molecule has 2 aromatic rings. The number of nitrogens with zero attached hydrogens (tertiary/aromatic N) is 2. The lowest BCUT2D eigenvalue weighted by Gasteiger charge is -2.09. The van der Waals surface area contributed by atoms with Crippen LogP contribution in [0.25, 0.3) is 11.0 Å². The molecule has 0 aliphatic rings. The quantitative estimate of drug-likeness (QED) is 0.708. The first-order valence-electron chi connectivity index (χ1n) is 4.76. The van der Waals surface area contributed by atoms with E-state index in [1.807, 2.05) is 13.8 Å². The molecule has 0 radical (unpaired) electrons. The largest absolute Gasteiger partial charge is 0.319 e. The molecule has 2 rings (SSSR count). The number of hydrogen-bond donors (Lipinski definition) is 0. The maximum absolute atomic E-state index is 13.1. The fourth-order valence-corrected chi connectivity index (χ4v) is 1.71. The molecular weight excluding hydrogens is 195 g/mol. The van der Waals surface area contributed by atoms with Gasteiger partial charge in [-0.1, -0.05) is 0 Å². The van der Waals surface area contributed by atoms with Crippen molar-refractivity contribution in [3.63, 3.8) is 0 Å². The molecule has 0 atom stereocenters. The Kier molecular flexibility index (Phi) is 2.26. The number of carbonyl (C=O) groups excluding carboxylic acids is 1. The summed E-state index contributed by atoms with van der Waals surface area (Å²) in [6, 6.07) is 4.40. The molecule has 15 heavy (non-hydrogen) atoms. The van der Waals surface area contributed by atoms with E-state index in [4.69, 9.17) is 0 Å². The first-order chi connectivity index (χ1) is 7.13. The molecule has 0 saturated heterocycles. The van der Waals surface area contributed by atoms with Gasteiger partial charge in [0.05, 0.1) is 11.0 Å². The zero-order chi connectivity index (χ0) is 11.0. The van der Waals surface area contributed by atoms with Crippen LogP contribution >= 0.6 is 0 Å². The average molecular weight is 206 g/mol. The lowest BCUT2D eigenvalue weighted by atomic mass is 10.3. The molecule has 0 saturated carbocycles. The van der Waals surface area contributed by atoms with Crippen LogP contribution in [0.5, 0.6) is 0 Å². The summed E-state index contributed by atoms with van der Waals surface area (Å²) < 4.78 is 14.8. The molecule has 3 nitrogen and oxygen atoms in total. The van der Waals surface area contributed by atoms with E-state index in [9.17, 15) is 9.18 Å². The zero-order valence-electron chi connectivity index (χ0n) is 8.57. The number of benzene rings is 1. The molecule has 0 spiro atoms. The lowest BCUT2D eigenvalue weighted by Crippen LogP contribution is -2.05. The Bertz CT molecular complexity index is 517. The first kappa shape index (κ1) is 9.83. The number of halogens is 1. The van der Waals surface area contributed by atoms with E-state index < -0.39 is 0 Å². The van der Waals surface area contributed by atoms with Gasteiger partial charge in [0.15, 0.2) is 12.1 Å². The Balaban J connectivity index is 2.82. The standard InChI is InChI=1S/C11H11FN2O/c1-7(2)14-10-5-8(12)3-4-9(10)13-11(14)6-15/h3-7H,1-2H3. The van der Waals surface area contributed by atoms with Gasteiger partial charge in [0.2, 0.25) is 0 Å². The predicted octanol–water partition coefficient (Wildman–Crippen LogP) is 2.57. The zero-order valence-corrected chi connectivity index (χ0v) is 8.57. The van der Waals surface area contributed by atoms with Crippen molar-refractivity contribution in [2.45, 2.75) is 19.9 Å². The Morgan fingerprint density at radius 2 is 2.20 bits per heavy atom. The number of carbonyl (C=O) groups is 1. The number of imidazole rings is 1. The van der Waals surface area contributed by atoms with Gasteiger partial charge in [0, 0.05) is 6.04 Å². The Morgan fingerprint density at radius 1 is 1.47 bits per heavy atom. The van der Waals surface area contributed by atoms with Gasteiger partial charge in [-0.25, -0.2) is 9.37 Å². The molecular formula is C11H11FN2O. The summed E-state index contributed by atoms with van der Waals surface area (Å²) in [6.07, 6.45) is 0.692. The van der Waals surface area contributed by atoms with Gasteiger partial charge in [-0.3, -0.25) is 4.79 Å². The van der Waals surface area contributed by atoms with Crippen LogP contribution in [-0.4, -0.2) is 15.8 Å². The normalized spacial score (nSPS) is 11.2. The van der Waals surface area contributed by atoms with Gasteiger partial charge in [-0.2, -0.15) is 0 Å². The SMILES string of the molecule is CC(C)n1c(C=O)nc2ccc(F)cc21. The van der Waals surface area contributed by atoms with Gasteiger partial charge >= 0.3 is 0 Å². The highest BCUT2D eigenvalue weighted by Crippen LogP contribution is 2.20. The van der Waals surface area contributed by atoms with E-state index in [1.54, 1.807) is 10.6 Å². The number of aldehydes is 1. The summed E-state index contributed by atoms with van der Waals surface area (Å²) in [7, 11) is 0. The molecule has 4 heteroatoms. The predicted molar refractivity (Wildman–Crippen MR) is 55.5 cm³/mol. The van der Waals surface area contributed by atoms with Crippen molar-refractivity contribution in [2.75, 3.05) is 0 Å². The van der Waals surface area contributed by atoms with Gasteiger partial charge in [-0.15, -0.1) is 0 Å². The summed E-state index contributed by atoms with van der Waals surface area (Å²) in [5.74, 6) is 0.0207. The van der Waals surface area contributed by atoms with Gasteiger partial charge in [0.25, 0.3) is 0 Å². The fraction of sp³-hybridized carbons (Fsp3) is 0.273. The summed E-state index contributed by atoms with van der Waals surface area (Å²) >= 11 is 0. The Labute approximate surface area is 86.5 Å². The maximum Gasteiger partial charge on any atom is 0.185 e. The van der Waals surface area contributed by atoms with Crippen LogP contribution < -0.4 is 0 Å². The van der Waals surface area contributed by atoms with E-state index >= 15 is 0 Å². The molecule has 1 aromatic carbocycles. The lowest BCUT2D eigenvalue weighted by molar-refractivity contribution is 0.111. The molecule has 1 heterocycles. The van der Waals surface area contributed by atoms with Crippen LogP contribution in [0.3, 0.4) is 0 Å². The highest BCUT2D eigenvalue weighted by Gasteiger charge is 2.12. The van der Waals surface area contributed by atoms with Crippen LogP contribution in [0.1, 0.15) is 30.5 Å². The van der Waals surface area contributed by atoms with Gasteiger partial charge in [-0.05, 0) is 32.0 Å². The first-order valence-corrected chi connectivity index (χ1v) is 4.76. The fourth-order valence-electron chi connectivity index (χ4n) is 1.71. The third-order valence-electron chi connectivity index (χ3n) is 2.30. The molecule has 1 aromatic heterocycles. The minimum absolute atomic E-state index is 0.0806. The third kappa shape index (κ3) is 1.52. The van der Waals surface area contributed by atoms with Crippen LogP contribution in [0.2, 0.25) is 0 Å². The third-order valence-corrected chi connectivity index (χ3v) is 2.30. The molecule has 0 fully saturated rings. The molecule has 0 N–H and O–H groups in total. The number of rotatable bonds is 2. The average Bonchev–Trinajstić information content (AvgIpc) is 2.55. The monoisotopic (exact) mass is 206 g/mol. The Hall–Kier alpha value is -1.71. The van der Waals surface area contributed by atoms with E-state index in [0.717, 1.165) is 0 Å². The number of aromatic nitrogens is 2. The second-order valence-electron chi connectivity index (χ2n) is 3.68. The highest BCUT2D eigenvalue weighted by molar-refractivity contribution is 5.83. The van der Waals surface area contributed by atoms with Crippen LogP contribution in [-0.2, 0) is 0 Å². The minimum Gasteiger partial charge on any atom is -0.319 e. The van der Waals surface area contributed by atoms with Crippen molar-refractivity contribution < 1.29 is 9.18 Å². The smallest absolute Gasteiger partial charge is 0.185 e. The van der Waals surface area contributed by atoms with Crippen molar-refractivity contribution in [1.29, 1.82) is 0 Å². The van der Waals surface area contributed by atoms with Crippen LogP contribution in [0.4, 0.5) is 4.39 Å². The molecule has 0 bridgehead atoms. The molecule has 0 aliphatic heterocycles. The second-order valence-corrected chi connectivity index (χ2v) is 3.68. The van der Waals surface area contributed by atoms with Crippen molar-refractivity contribution in [1.82, 2.24) is 9.55 Å². The summed E-state index contributed by atoms with van der Waals surface area (Å²) in [5, 5.41) is 0.